The van der Waals surface area contributed by atoms with E-state index in [0.717, 1.165) is 11.8 Å². The lowest BCUT2D eigenvalue weighted by Crippen LogP contribution is -2.34. The van der Waals surface area contributed by atoms with Crippen LogP contribution in [0.5, 0.6) is 0 Å². The van der Waals surface area contributed by atoms with Crippen molar-refractivity contribution in [3.8, 4) is 0 Å². The molecule has 5 heteroatoms. The Balaban J connectivity index is 1.54. The van der Waals surface area contributed by atoms with Crippen LogP contribution in [0.1, 0.15) is 40.7 Å². The van der Waals surface area contributed by atoms with E-state index in [-0.39, 0.29) is 22.9 Å². The number of rotatable bonds is 7. The molecule has 1 N–H and O–H groups in total. The van der Waals surface area contributed by atoms with Crippen molar-refractivity contribution >= 4 is 16.9 Å². The number of fused-ring (bicyclic) bond motifs is 1. The minimum absolute atomic E-state index is 0.151. The van der Waals surface area contributed by atoms with Crippen LogP contribution in [0.4, 0.5) is 0 Å². The van der Waals surface area contributed by atoms with Crippen LogP contribution in [-0.2, 0) is 6.54 Å². The molecule has 0 aliphatic carbocycles. The lowest BCUT2D eigenvalue weighted by atomic mass is 9.88. The number of carbonyl (C=O) groups excluding carboxylic acids is 1. The number of benzene rings is 2. The van der Waals surface area contributed by atoms with Crippen molar-refractivity contribution in [2.75, 3.05) is 6.54 Å². The Morgan fingerprint density at radius 2 is 1.61 bits per heavy atom. The molecule has 0 atom stereocenters. The van der Waals surface area contributed by atoms with Crippen molar-refractivity contribution in [2.45, 2.75) is 25.8 Å². The molecule has 31 heavy (non-hydrogen) atoms. The summed E-state index contributed by atoms with van der Waals surface area (Å²) in [5.41, 5.74) is 2.84. The van der Waals surface area contributed by atoms with E-state index in [2.05, 4.69) is 34.6 Å². The van der Waals surface area contributed by atoms with Gasteiger partial charge in [0.15, 0.2) is 0 Å². The number of nitrogens with one attached hydrogen (secondary N) is 1. The van der Waals surface area contributed by atoms with Crippen molar-refractivity contribution in [2.24, 2.45) is 0 Å². The van der Waals surface area contributed by atoms with Crippen molar-refractivity contribution < 1.29 is 4.79 Å². The van der Waals surface area contributed by atoms with Gasteiger partial charge in [0.1, 0.15) is 11.2 Å². The van der Waals surface area contributed by atoms with Gasteiger partial charge in [-0.2, -0.15) is 0 Å². The Kier molecular flexibility index (Phi) is 6.22. The molecule has 0 unspecified atom stereocenters. The highest BCUT2D eigenvalue weighted by Gasteiger charge is 2.17. The van der Waals surface area contributed by atoms with Crippen LogP contribution >= 0.6 is 0 Å². The van der Waals surface area contributed by atoms with Gasteiger partial charge in [-0.1, -0.05) is 60.7 Å². The first-order chi connectivity index (χ1) is 15.2. The summed E-state index contributed by atoms with van der Waals surface area (Å²) >= 11 is 0. The van der Waals surface area contributed by atoms with Gasteiger partial charge >= 0.3 is 0 Å². The molecule has 0 saturated carbocycles. The number of amides is 1. The largest absolute Gasteiger partial charge is 0.352 e. The molecule has 0 radical (unpaired) electrons. The maximum Gasteiger partial charge on any atom is 0.265 e. The normalized spacial score (nSPS) is 11.0. The summed E-state index contributed by atoms with van der Waals surface area (Å²) in [5, 5.41) is 3.73. The molecule has 4 aromatic rings. The highest BCUT2D eigenvalue weighted by atomic mass is 16.2. The third-order valence-corrected chi connectivity index (χ3v) is 5.53. The van der Waals surface area contributed by atoms with E-state index in [1.165, 1.54) is 11.1 Å². The molecule has 2 aromatic heterocycles. The summed E-state index contributed by atoms with van der Waals surface area (Å²) < 4.78 is 1.54. The first kappa shape index (κ1) is 20.5. The Hall–Kier alpha value is -3.73. The van der Waals surface area contributed by atoms with Crippen LogP contribution in [0.3, 0.4) is 0 Å². The lowest BCUT2D eigenvalue weighted by molar-refractivity contribution is 0.0951. The zero-order valence-electron chi connectivity index (χ0n) is 17.5. The van der Waals surface area contributed by atoms with Gasteiger partial charge in [0.2, 0.25) is 0 Å². The first-order valence-electron chi connectivity index (χ1n) is 10.6. The van der Waals surface area contributed by atoms with E-state index in [0.29, 0.717) is 18.7 Å². The molecule has 2 heterocycles. The monoisotopic (exact) mass is 411 g/mol. The number of hydrogen-bond acceptors (Lipinski definition) is 3. The Labute approximate surface area is 181 Å². The fourth-order valence-corrected chi connectivity index (χ4v) is 3.98. The molecule has 156 valence electrons. The maximum atomic E-state index is 12.9. The molecule has 1 amide bonds. The van der Waals surface area contributed by atoms with Gasteiger partial charge in [-0.15, -0.1) is 0 Å². The summed E-state index contributed by atoms with van der Waals surface area (Å²) in [4.78, 5) is 30.0. The second-order valence-electron chi connectivity index (χ2n) is 7.44. The fourth-order valence-electron chi connectivity index (χ4n) is 3.98. The Morgan fingerprint density at radius 3 is 2.23 bits per heavy atom. The van der Waals surface area contributed by atoms with Crippen LogP contribution in [0, 0.1) is 0 Å². The number of hydrogen-bond donors (Lipinski definition) is 1. The number of aromatic nitrogens is 2. The van der Waals surface area contributed by atoms with Gasteiger partial charge in [-0.05, 0) is 42.7 Å². The predicted molar refractivity (Wildman–Crippen MR) is 123 cm³/mol. The zero-order chi connectivity index (χ0) is 21.6. The predicted octanol–water partition coefficient (Wildman–Crippen LogP) is 4.37. The van der Waals surface area contributed by atoms with E-state index < -0.39 is 0 Å². The van der Waals surface area contributed by atoms with E-state index in [9.17, 15) is 9.59 Å². The molecule has 5 nitrogen and oxygen atoms in total. The van der Waals surface area contributed by atoms with E-state index in [1.807, 2.05) is 49.4 Å². The van der Waals surface area contributed by atoms with Gasteiger partial charge in [-0.25, -0.2) is 4.98 Å². The van der Waals surface area contributed by atoms with Gasteiger partial charge in [0.05, 0.1) is 0 Å². The van der Waals surface area contributed by atoms with Crippen molar-refractivity contribution in [1.29, 1.82) is 0 Å². The third kappa shape index (κ3) is 4.40. The smallest absolute Gasteiger partial charge is 0.265 e. The SMILES string of the molecule is CCn1c(=O)c(C(=O)NCCC(c2ccccc2)c2ccccc2)cc2cccnc21. The van der Waals surface area contributed by atoms with E-state index in [1.54, 1.807) is 22.9 Å². The standard InChI is InChI=1S/C26H25N3O2/c1-2-29-24-21(14-9-16-27-24)18-23(26(29)31)25(30)28-17-15-22(19-10-5-3-6-11-19)20-12-7-4-8-13-20/h3-14,16,18,22H,2,15,17H2,1H3,(H,28,30). The highest BCUT2D eigenvalue weighted by molar-refractivity contribution is 5.96. The van der Waals surface area contributed by atoms with E-state index in [4.69, 9.17) is 0 Å². The van der Waals surface area contributed by atoms with Gasteiger partial charge in [0, 0.05) is 30.6 Å². The quantitative estimate of drug-likeness (QED) is 0.491. The van der Waals surface area contributed by atoms with Crippen LogP contribution in [-0.4, -0.2) is 22.0 Å². The summed E-state index contributed by atoms with van der Waals surface area (Å²) in [6, 6.07) is 25.8. The molecule has 0 aliphatic heterocycles. The van der Waals surface area contributed by atoms with Crippen LogP contribution in [0.2, 0.25) is 0 Å². The highest BCUT2D eigenvalue weighted by Crippen LogP contribution is 2.27. The number of carbonyl (C=O) groups is 1. The number of pyridine rings is 2. The summed E-state index contributed by atoms with van der Waals surface area (Å²) in [6.45, 7) is 2.79. The second-order valence-corrected chi connectivity index (χ2v) is 7.44. The van der Waals surface area contributed by atoms with Crippen LogP contribution in [0.25, 0.3) is 11.0 Å². The molecule has 0 bridgehead atoms. The second kappa shape index (κ2) is 9.39. The molecule has 0 saturated heterocycles. The summed E-state index contributed by atoms with van der Waals surface area (Å²) in [6.07, 6.45) is 2.39. The minimum atomic E-state index is -0.349. The maximum absolute atomic E-state index is 12.9. The van der Waals surface area contributed by atoms with Gasteiger partial charge in [-0.3, -0.25) is 14.2 Å². The van der Waals surface area contributed by atoms with Crippen molar-refractivity contribution in [3.05, 3.63) is 112 Å². The van der Waals surface area contributed by atoms with Crippen molar-refractivity contribution in [3.63, 3.8) is 0 Å². The Morgan fingerprint density at radius 1 is 0.968 bits per heavy atom. The molecule has 2 aromatic carbocycles. The topological polar surface area (TPSA) is 64.0 Å². The van der Waals surface area contributed by atoms with Gasteiger partial charge in [0.25, 0.3) is 11.5 Å². The third-order valence-electron chi connectivity index (χ3n) is 5.53. The number of aryl methyl sites for hydroxylation is 1. The van der Waals surface area contributed by atoms with Crippen molar-refractivity contribution in [1.82, 2.24) is 14.9 Å². The zero-order valence-corrected chi connectivity index (χ0v) is 17.5. The minimum Gasteiger partial charge on any atom is -0.352 e. The van der Waals surface area contributed by atoms with E-state index >= 15 is 0 Å². The lowest BCUT2D eigenvalue weighted by Gasteiger charge is -2.18. The molecule has 0 fully saturated rings. The fraction of sp³-hybridized carbons (Fsp3) is 0.192. The molecule has 4 rings (SSSR count). The molecule has 0 spiro atoms. The van der Waals surface area contributed by atoms with Crippen LogP contribution < -0.4 is 10.9 Å². The first-order valence-corrected chi connectivity index (χ1v) is 10.6. The Bertz CT molecular complexity index is 1190. The molecular formula is C26H25N3O2. The summed E-state index contributed by atoms with van der Waals surface area (Å²) in [5.74, 6) is -0.186. The molecule has 0 aliphatic rings. The van der Waals surface area contributed by atoms with Crippen LogP contribution in [0.15, 0.2) is 89.9 Å². The summed E-state index contributed by atoms with van der Waals surface area (Å²) in [7, 11) is 0. The molecular weight excluding hydrogens is 386 g/mol. The number of nitrogens with zero attached hydrogens (tertiary/aromatic N) is 2. The average Bonchev–Trinajstić information content (AvgIpc) is 2.82. The van der Waals surface area contributed by atoms with Gasteiger partial charge < -0.3 is 5.32 Å². The average molecular weight is 412 g/mol.